The van der Waals surface area contributed by atoms with Crippen LogP contribution in [0.15, 0.2) is 0 Å². The fourth-order valence-electron chi connectivity index (χ4n) is 2.26. The molecule has 0 saturated heterocycles. The van der Waals surface area contributed by atoms with E-state index in [2.05, 4.69) is 32.6 Å². The highest BCUT2D eigenvalue weighted by Crippen LogP contribution is 2.23. The van der Waals surface area contributed by atoms with E-state index < -0.39 is 0 Å². The lowest BCUT2D eigenvalue weighted by Crippen LogP contribution is -2.38. The summed E-state index contributed by atoms with van der Waals surface area (Å²) in [4.78, 5) is 2.98. The first-order valence-electron chi connectivity index (χ1n) is 7.03. The molecular formula is C14H30N2OS. The molecule has 0 aromatic heterocycles. The quantitative estimate of drug-likeness (QED) is 0.601. The van der Waals surface area contributed by atoms with Crippen molar-refractivity contribution < 1.29 is 5.11 Å². The Kier molecular flexibility index (Phi) is 8.74. The monoisotopic (exact) mass is 274 g/mol. The lowest BCUT2D eigenvalue weighted by molar-refractivity contribution is 0.138. The Morgan fingerprint density at radius 3 is 2.22 bits per heavy atom. The molecule has 0 aliphatic carbocycles. The summed E-state index contributed by atoms with van der Waals surface area (Å²) < 4.78 is 0. The van der Waals surface area contributed by atoms with Crippen LogP contribution in [0.3, 0.4) is 0 Å². The number of nitrogens with two attached hydrogens (primary N) is 1. The number of hydrogen-bond donors (Lipinski definition) is 2. The highest BCUT2D eigenvalue weighted by Gasteiger charge is 2.22. The number of aliphatic hydroxyl groups excluding tert-OH is 1. The Balaban J connectivity index is 4.23. The SMILES string of the molecule is CCC(CC)N(CCO)CCCC(C)(C)C(N)=S. The Morgan fingerprint density at radius 2 is 1.83 bits per heavy atom. The van der Waals surface area contributed by atoms with Crippen LogP contribution in [0.1, 0.15) is 53.4 Å². The third kappa shape index (κ3) is 6.12. The minimum absolute atomic E-state index is 0.0614. The lowest BCUT2D eigenvalue weighted by atomic mass is 9.87. The van der Waals surface area contributed by atoms with Crippen molar-refractivity contribution in [3.05, 3.63) is 0 Å². The third-order valence-corrected chi connectivity index (χ3v) is 4.31. The molecule has 0 bridgehead atoms. The van der Waals surface area contributed by atoms with Gasteiger partial charge in [0.15, 0.2) is 0 Å². The predicted molar refractivity (Wildman–Crippen MR) is 82.8 cm³/mol. The fraction of sp³-hybridized carbons (Fsp3) is 0.929. The number of hydrogen-bond acceptors (Lipinski definition) is 3. The Bertz CT molecular complexity index is 240. The molecule has 0 rings (SSSR count). The zero-order valence-corrected chi connectivity index (χ0v) is 13.2. The molecule has 0 aliphatic heterocycles. The Hall–Kier alpha value is -0.190. The second-order valence-corrected chi connectivity index (χ2v) is 6.02. The van der Waals surface area contributed by atoms with Gasteiger partial charge in [-0.2, -0.15) is 0 Å². The lowest BCUT2D eigenvalue weighted by Gasteiger charge is -2.31. The first-order chi connectivity index (χ1) is 8.38. The van der Waals surface area contributed by atoms with Crippen molar-refractivity contribution in [2.45, 2.75) is 59.4 Å². The molecule has 3 nitrogen and oxygen atoms in total. The van der Waals surface area contributed by atoms with E-state index in [1.54, 1.807) is 0 Å². The second kappa shape index (κ2) is 8.83. The van der Waals surface area contributed by atoms with E-state index in [0.29, 0.717) is 11.0 Å². The van der Waals surface area contributed by atoms with Crippen molar-refractivity contribution in [2.24, 2.45) is 11.1 Å². The van der Waals surface area contributed by atoms with Gasteiger partial charge in [0.25, 0.3) is 0 Å². The summed E-state index contributed by atoms with van der Waals surface area (Å²) in [7, 11) is 0. The molecule has 0 atom stereocenters. The van der Waals surface area contributed by atoms with Crippen LogP contribution in [0, 0.1) is 5.41 Å². The highest BCUT2D eigenvalue weighted by molar-refractivity contribution is 7.80. The van der Waals surface area contributed by atoms with E-state index in [4.69, 9.17) is 23.1 Å². The van der Waals surface area contributed by atoms with Crippen molar-refractivity contribution >= 4 is 17.2 Å². The standard InChI is InChI=1S/C14H30N2OS/c1-5-12(6-2)16(10-11-17)9-7-8-14(3,4)13(15)18/h12,17H,5-11H2,1-4H3,(H2,15,18). The van der Waals surface area contributed by atoms with E-state index in [1.165, 1.54) is 0 Å². The van der Waals surface area contributed by atoms with Crippen LogP contribution in [0.25, 0.3) is 0 Å². The molecule has 0 fully saturated rings. The highest BCUT2D eigenvalue weighted by atomic mass is 32.1. The fourth-order valence-corrected chi connectivity index (χ4v) is 2.36. The number of nitrogens with zero attached hydrogens (tertiary/aromatic N) is 1. The zero-order valence-electron chi connectivity index (χ0n) is 12.4. The third-order valence-electron chi connectivity index (χ3n) is 3.76. The van der Waals surface area contributed by atoms with Gasteiger partial charge < -0.3 is 10.8 Å². The molecule has 0 aliphatic rings. The number of aliphatic hydroxyl groups is 1. The summed E-state index contributed by atoms with van der Waals surface area (Å²) in [5.74, 6) is 0. The molecule has 0 aromatic carbocycles. The molecular weight excluding hydrogens is 244 g/mol. The first-order valence-corrected chi connectivity index (χ1v) is 7.44. The maximum Gasteiger partial charge on any atom is 0.0784 e. The van der Waals surface area contributed by atoms with Crippen LogP contribution in [0.5, 0.6) is 0 Å². The van der Waals surface area contributed by atoms with Gasteiger partial charge in [-0.15, -0.1) is 0 Å². The molecule has 0 radical (unpaired) electrons. The number of rotatable bonds is 10. The van der Waals surface area contributed by atoms with Gasteiger partial charge >= 0.3 is 0 Å². The van der Waals surface area contributed by atoms with Crippen LogP contribution in [-0.4, -0.2) is 40.7 Å². The minimum Gasteiger partial charge on any atom is -0.395 e. The summed E-state index contributed by atoms with van der Waals surface area (Å²) in [6, 6.07) is 0.574. The van der Waals surface area contributed by atoms with Gasteiger partial charge in [0.05, 0.1) is 11.6 Å². The van der Waals surface area contributed by atoms with Crippen LogP contribution in [-0.2, 0) is 0 Å². The number of thiocarbonyl (C=S) groups is 1. The van der Waals surface area contributed by atoms with Crippen molar-refractivity contribution in [2.75, 3.05) is 19.7 Å². The first kappa shape index (κ1) is 17.8. The van der Waals surface area contributed by atoms with Crippen molar-refractivity contribution in [1.29, 1.82) is 0 Å². The normalized spacial score (nSPS) is 12.4. The van der Waals surface area contributed by atoms with Gasteiger partial charge in [-0.05, 0) is 32.2 Å². The zero-order chi connectivity index (χ0) is 14.2. The summed E-state index contributed by atoms with van der Waals surface area (Å²) >= 11 is 5.08. The molecule has 0 unspecified atom stereocenters. The smallest absolute Gasteiger partial charge is 0.0784 e. The second-order valence-electron chi connectivity index (χ2n) is 5.58. The topological polar surface area (TPSA) is 49.5 Å². The Morgan fingerprint density at radius 1 is 1.28 bits per heavy atom. The summed E-state index contributed by atoms with van der Waals surface area (Å²) in [5.41, 5.74) is 5.67. The van der Waals surface area contributed by atoms with Gasteiger partial charge in [-0.1, -0.05) is 39.9 Å². The van der Waals surface area contributed by atoms with Gasteiger partial charge in [-0.25, -0.2) is 0 Å². The maximum atomic E-state index is 9.14. The molecule has 3 N–H and O–H groups in total. The molecule has 4 heteroatoms. The Labute approximate surface area is 118 Å². The largest absolute Gasteiger partial charge is 0.395 e. The van der Waals surface area contributed by atoms with E-state index in [-0.39, 0.29) is 12.0 Å². The van der Waals surface area contributed by atoms with Crippen LogP contribution >= 0.6 is 12.2 Å². The van der Waals surface area contributed by atoms with Crippen molar-refractivity contribution in [3.8, 4) is 0 Å². The summed E-state index contributed by atoms with van der Waals surface area (Å²) in [6.45, 7) is 10.6. The van der Waals surface area contributed by atoms with E-state index in [1.807, 2.05) is 0 Å². The predicted octanol–water partition coefficient (Wildman–Crippen LogP) is 2.56. The molecule has 0 amide bonds. The summed E-state index contributed by atoms with van der Waals surface area (Å²) in [5, 5.41) is 9.14. The molecule has 0 heterocycles. The van der Waals surface area contributed by atoms with Crippen LogP contribution in [0.4, 0.5) is 0 Å². The molecule has 18 heavy (non-hydrogen) atoms. The average molecular weight is 274 g/mol. The molecule has 0 aromatic rings. The van der Waals surface area contributed by atoms with Crippen molar-refractivity contribution in [1.82, 2.24) is 4.90 Å². The van der Waals surface area contributed by atoms with Gasteiger partial charge in [-0.3, -0.25) is 4.90 Å². The van der Waals surface area contributed by atoms with Crippen LogP contribution in [0.2, 0.25) is 0 Å². The summed E-state index contributed by atoms with van der Waals surface area (Å²) in [6.07, 6.45) is 4.34. The van der Waals surface area contributed by atoms with Gasteiger partial charge in [0.2, 0.25) is 0 Å². The van der Waals surface area contributed by atoms with E-state index >= 15 is 0 Å². The van der Waals surface area contributed by atoms with E-state index in [9.17, 15) is 0 Å². The average Bonchev–Trinajstić information content (AvgIpc) is 2.30. The van der Waals surface area contributed by atoms with Gasteiger partial charge in [0, 0.05) is 18.0 Å². The molecule has 0 spiro atoms. The maximum absolute atomic E-state index is 9.14. The van der Waals surface area contributed by atoms with Crippen LogP contribution < -0.4 is 5.73 Å². The van der Waals surface area contributed by atoms with Gasteiger partial charge in [0.1, 0.15) is 0 Å². The van der Waals surface area contributed by atoms with Crippen molar-refractivity contribution in [3.63, 3.8) is 0 Å². The van der Waals surface area contributed by atoms with E-state index in [0.717, 1.165) is 38.8 Å². The minimum atomic E-state index is -0.0614. The molecule has 0 saturated carbocycles. The molecule has 108 valence electrons.